The van der Waals surface area contributed by atoms with Crippen LogP contribution in [0, 0.1) is 13.8 Å². The Morgan fingerprint density at radius 1 is 0.435 bits per heavy atom. The van der Waals surface area contributed by atoms with Crippen LogP contribution in [0.1, 0.15) is 21.1 Å². The number of nitrogens with zero attached hydrogens (tertiary/aromatic N) is 4. The average Bonchev–Trinajstić information content (AvgIpc) is 3.60. The number of benzene rings is 4. The largest absolute Gasteiger partial charge is 0.235 e. The van der Waals surface area contributed by atoms with Gasteiger partial charge < -0.3 is 0 Å². The summed E-state index contributed by atoms with van der Waals surface area (Å²) in [5.41, 5.74) is 9.91. The molecular weight excluding hydrogens is 601 g/mol. The quantitative estimate of drug-likeness (QED) is 0.160. The molecular formula is C40H34N4S2+4. The first-order valence-corrected chi connectivity index (χ1v) is 17.2. The molecule has 46 heavy (non-hydrogen) atoms. The van der Waals surface area contributed by atoms with Gasteiger partial charge in [0.15, 0.2) is 37.9 Å². The van der Waals surface area contributed by atoms with E-state index in [0.29, 0.717) is 0 Å². The Balaban J connectivity index is 0.939. The van der Waals surface area contributed by atoms with Crippen LogP contribution in [0.5, 0.6) is 0 Å². The van der Waals surface area contributed by atoms with E-state index < -0.39 is 0 Å². The number of rotatable bonds is 7. The van der Waals surface area contributed by atoms with Crippen molar-refractivity contribution in [3.8, 4) is 22.5 Å². The Hall–Kier alpha value is -5.04. The van der Waals surface area contributed by atoms with Crippen molar-refractivity contribution in [1.29, 1.82) is 0 Å². The molecule has 0 spiro atoms. The van der Waals surface area contributed by atoms with Crippen LogP contribution < -0.4 is 18.3 Å². The van der Waals surface area contributed by atoms with E-state index in [9.17, 15) is 0 Å². The molecule has 6 heteroatoms. The van der Waals surface area contributed by atoms with Crippen molar-refractivity contribution in [2.75, 3.05) is 0 Å². The number of hydrogen-bond donors (Lipinski definition) is 0. The minimum Gasteiger partial charge on any atom is -0.182 e. The lowest BCUT2D eigenvalue weighted by molar-refractivity contribution is -0.664. The maximum Gasteiger partial charge on any atom is 0.235 e. The summed E-state index contributed by atoms with van der Waals surface area (Å²) in [5.74, 6) is 0. The van der Waals surface area contributed by atoms with E-state index in [-0.39, 0.29) is 0 Å². The van der Waals surface area contributed by atoms with Gasteiger partial charge in [-0.2, -0.15) is 18.3 Å². The Bertz CT molecular complexity index is 2130. The molecule has 0 N–H and O–H groups in total. The van der Waals surface area contributed by atoms with Crippen LogP contribution >= 0.6 is 22.7 Å². The van der Waals surface area contributed by atoms with Gasteiger partial charge in [0.05, 0.1) is 0 Å². The summed E-state index contributed by atoms with van der Waals surface area (Å²) in [6.07, 6.45) is 8.58. The third-order valence-corrected chi connectivity index (χ3v) is 10.9. The molecule has 0 aliphatic heterocycles. The summed E-state index contributed by atoms with van der Waals surface area (Å²) in [6.45, 7) is 6.16. The molecule has 0 bridgehead atoms. The first kappa shape index (κ1) is 28.4. The zero-order valence-electron chi connectivity index (χ0n) is 25.9. The molecule has 0 saturated heterocycles. The van der Waals surface area contributed by atoms with E-state index >= 15 is 0 Å². The Morgan fingerprint density at radius 3 is 1.20 bits per heavy atom. The molecule has 0 saturated carbocycles. The summed E-state index contributed by atoms with van der Waals surface area (Å²) in [5, 5.41) is 2.65. The van der Waals surface area contributed by atoms with Gasteiger partial charge in [0.2, 0.25) is 32.4 Å². The average molecular weight is 635 g/mol. The van der Waals surface area contributed by atoms with Gasteiger partial charge in [0.1, 0.15) is 9.40 Å². The van der Waals surface area contributed by atoms with Crippen molar-refractivity contribution in [2.24, 2.45) is 0 Å². The van der Waals surface area contributed by atoms with Crippen LogP contribution in [-0.4, -0.2) is 0 Å². The van der Waals surface area contributed by atoms with Gasteiger partial charge in [0.25, 0.3) is 0 Å². The van der Waals surface area contributed by atoms with Gasteiger partial charge in [-0.05, 0) is 47.5 Å². The van der Waals surface area contributed by atoms with Gasteiger partial charge in [-0.1, -0.05) is 46.9 Å². The summed E-state index contributed by atoms with van der Waals surface area (Å²) >= 11 is 3.71. The lowest BCUT2D eigenvalue weighted by atomic mass is 10.1. The Labute approximate surface area is 277 Å². The molecule has 0 amide bonds. The smallest absolute Gasteiger partial charge is 0.182 e. The highest BCUT2D eigenvalue weighted by atomic mass is 32.1. The fourth-order valence-corrected chi connectivity index (χ4v) is 8.23. The molecule has 0 aliphatic carbocycles. The van der Waals surface area contributed by atoms with Crippen molar-refractivity contribution in [1.82, 2.24) is 0 Å². The second-order valence-electron chi connectivity index (χ2n) is 11.7. The fourth-order valence-electron chi connectivity index (χ4n) is 6.19. The number of aromatic nitrogens is 4. The van der Waals surface area contributed by atoms with E-state index in [2.05, 4.69) is 178 Å². The number of aryl methyl sites for hydroxylation is 2. The second kappa shape index (κ2) is 12.0. The molecule has 0 atom stereocenters. The van der Waals surface area contributed by atoms with Crippen molar-refractivity contribution >= 4 is 43.1 Å². The highest BCUT2D eigenvalue weighted by Crippen LogP contribution is 2.22. The summed E-state index contributed by atoms with van der Waals surface area (Å²) < 4.78 is 11.8. The van der Waals surface area contributed by atoms with Crippen LogP contribution in [0.4, 0.5) is 0 Å². The normalized spacial score (nSPS) is 11.4. The highest BCUT2D eigenvalue weighted by Gasteiger charge is 2.19. The van der Waals surface area contributed by atoms with Crippen molar-refractivity contribution < 1.29 is 18.3 Å². The van der Waals surface area contributed by atoms with E-state index in [1.807, 2.05) is 22.7 Å². The molecule has 4 aromatic carbocycles. The van der Waals surface area contributed by atoms with E-state index in [1.165, 1.54) is 52.7 Å². The molecule has 222 valence electrons. The summed E-state index contributed by atoms with van der Waals surface area (Å²) in [7, 11) is 0. The van der Waals surface area contributed by atoms with Crippen LogP contribution in [-0.2, 0) is 13.1 Å². The molecule has 4 aromatic heterocycles. The van der Waals surface area contributed by atoms with Gasteiger partial charge in [-0.3, -0.25) is 0 Å². The number of fused-ring (bicyclic) bond motifs is 2. The Kier molecular flexibility index (Phi) is 7.45. The van der Waals surface area contributed by atoms with E-state index in [4.69, 9.17) is 0 Å². The predicted molar refractivity (Wildman–Crippen MR) is 187 cm³/mol. The lowest BCUT2D eigenvalue weighted by Crippen LogP contribution is -2.35. The number of pyridine rings is 2. The molecule has 0 radical (unpaired) electrons. The SMILES string of the molecule is Cc1sc2ccccc2[n+]1Cc1ccc(-[n+]2ccc(-c3cc[n+](-c4ccc(C[n+]5c(C)sc6ccccc65)cc4)cc3)cc2)cc1. The summed E-state index contributed by atoms with van der Waals surface area (Å²) in [4.78, 5) is 0. The first-order valence-electron chi connectivity index (χ1n) is 15.6. The standard InChI is InChI=1S/C40H34N4S2/c1-29-43(37-7-3-5-9-39(37)45-29)27-31-11-15-35(16-12-31)41-23-19-33(20-24-41)34-21-25-42(26-22-34)36-17-13-32(14-18-36)28-44-30(2)46-40-10-6-4-8-38(40)44/h3-26H,27-28H2,1-2H3/q+4. The van der Waals surface area contributed by atoms with Crippen molar-refractivity contribution in [2.45, 2.75) is 26.9 Å². The van der Waals surface area contributed by atoms with Crippen LogP contribution in [0.25, 0.3) is 42.9 Å². The van der Waals surface area contributed by atoms with Crippen molar-refractivity contribution in [3.05, 3.63) is 167 Å². The summed E-state index contributed by atoms with van der Waals surface area (Å²) in [6, 6.07) is 43.8. The molecule has 0 fully saturated rings. The van der Waals surface area contributed by atoms with Gasteiger partial charge in [-0.15, -0.1) is 0 Å². The topological polar surface area (TPSA) is 15.5 Å². The van der Waals surface area contributed by atoms with Gasteiger partial charge >= 0.3 is 0 Å². The number of thiazole rings is 2. The number of para-hydroxylation sites is 2. The Morgan fingerprint density at radius 2 is 0.804 bits per heavy atom. The third kappa shape index (κ3) is 5.51. The van der Waals surface area contributed by atoms with E-state index in [0.717, 1.165) is 24.5 Å². The second-order valence-corrected chi connectivity index (χ2v) is 14.1. The van der Waals surface area contributed by atoms with E-state index in [1.54, 1.807) is 0 Å². The van der Waals surface area contributed by atoms with Crippen LogP contribution in [0.15, 0.2) is 146 Å². The fraction of sp³-hybridized carbons (Fsp3) is 0.100. The minimum absolute atomic E-state index is 0.878. The molecule has 4 nitrogen and oxygen atoms in total. The lowest BCUT2D eigenvalue weighted by Gasteiger charge is -2.03. The zero-order chi connectivity index (χ0) is 31.0. The third-order valence-electron chi connectivity index (χ3n) is 8.73. The predicted octanol–water partition coefficient (Wildman–Crippen LogP) is 7.62. The minimum atomic E-state index is 0.878. The first-order chi connectivity index (χ1) is 22.6. The maximum atomic E-state index is 2.41. The van der Waals surface area contributed by atoms with Gasteiger partial charge in [-0.25, -0.2) is 0 Å². The van der Waals surface area contributed by atoms with Gasteiger partial charge in [0, 0.05) is 85.6 Å². The zero-order valence-corrected chi connectivity index (χ0v) is 27.5. The van der Waals surface area contributed by atoms with Crippen LogP contribution in [0.2, 0.25) is 0 Å². The highest BCUT2D eigenvalue weighted by molar-refractivity contribution is 7.18. The maximum absolute atomic E-state index is 2.41. The molecule has 8 aromatic rings. The molecule has 0 aliphatic rings. The van der Waals surface area contributed by atoms with Crippen LogP contribution in [0.3, 0.4) is 0 Å². The van der Waals surface area contributed by atoms with Crippen molar-refractivity contribution in [3.63, 3.8) is 0 Å². The molecule has 4 heterocycles. The molecule has 8 rings (SSSR count). The number of hydrogen-bond acceptors (Lipinski definition) is 2. The molecule has 0 unspecified atom stereocenters. The monoisotopic (exact) mass is 634 g/mol.